The molecule has 0 rings (SSSR count). The fraction of sp³-hybridized carbons (Fsp3) is 0.500. The maximum Gasteiger partial charge on any atom is 0.264 e. The Hall–Kier alpha value is 0.170. The molecule has 0 aromatic rings. The van der Waals surface area contributed by atoms with Gasteiger partial charge in [-0.2, -0.15) is 0 Å². The first-order valence-corrected chi connectivity index (χ1v) is 3.72. The molecule has 0 spiro atoms. The van der Waals surface area contributed by atoms with E-state index in [4.69, 9.17) is 0 Å². The number of hydrogen-bond acceptors (Lipinski definition) is 2. The second-order valence-corrected chi connectivity index (χ2v) is 3.64. The molecule has 0 amide bonds. The molecular weight excluding hydrogens is 143 g/mol. The molecule has 0 aliphatic carbocycles. The Labute approximate surface area is 45.7 Å². The largest absolute Gasteiger partial charge is 0.264 e. The van der Waals surface area contributed by atoms with E-state index >= 15 is 0 Å². The Morgan fingerprint density at radius 1 is 1.71 bits per heavy atom. The Morgan fingerprint density at radius 2 is 1.86 bits per heavy atom. The third kappa shape index (κ3) is 2.82. The van der Waals surface area contributed by atoms with Crippen LogP contribution >= 0.6 is 10.7 Å². The number of alkyl halides is 1. The lowest BCUT2D eigenvalue weighted by Crippen LogP contribution is -2.03. The van der Waals surface area contributed by atoms with Gasteiger partial charge in [0, 0.05) is 10.7 Å². The molecular formula is C2H3ClFO2S. The van der Waals surface area contributed by atoms with Gasteiger partial charge < -0.3 is 0 Å². The van der Waals surface area contributed by atoms with Gasteiger partial charge >= 0.3 is 0 Å². The minimum absolute atomic E-state index is 2.21. The van der Waals surface area contributed by atoms with Crippen LogP contribution in [0.5, 0.6) is 0 Å². The zero-order chi connectivity index (χ0) is 6.08. The predicted molar refractivity (Wildman–Crippen MR) is 25.0 cm³/mol. The normalized spacial score (nSPS) is 16.4. The minimum Gasteiger partial charge on any atom is -0.229 e. The lowest BCUT2D eigenvalue weighted by molar-refractivity contribution is 0.480. The van der Waals surface area contributed by atoms with Gasteiger partial charge in [0.25, 0.3) is 9.05 Å². The van der Waals surface area contributed by atoms with Crippen LogP contribution in [0.25, 0.3) is 0 Å². The molecule has 2 nitrogen and oxygen atoms in total. The van der Waals surface area contributed by atoms with Gasteiger partial charge in [-0.05, 0) is 6.92 Å². The van der Waals surface area contributed by atoms with Gasteiger partial charge in [-0.3, -0.25) is 0 Å². The highest BCUT2D eigenvalue weighted by molar-refractivity contribution is 8.14. The van der Waals surface area contributed by atoms with E-state index in [-0.39, 0.29) is 0 Å². The summed E-state index contributed by atoms with van der Waals surface area (Å²) in [5.41, 5.74) is -2.21. The first-order valence-electron chi connectivity index (χ1n) is 1.35. The van der Waals surface area contributed by atoms with Crippen molar-refractivity contribution in [3.8, 4) is 0 Å². The zero-order valence-electron chi connectivity index (χ0n) is 3.27. The van der Waals surface area contributed by atoms with Crippen LogP contribution in [0.1, 0.15) is 0 Å². The first-order chi connectivity index (χ1) is 2.94. The quantitative estimate of drug-likeness (QED) is 0.509. The molecule has 0 fully saturated rings. The monoisotopic (exact) mass is 145 g/mol. The average molecular weight is 146 g/mol. The summed E-state index contributed by atoms with van der Waals surface area (Å²) < 4.78 is 30.7. The minimum atomic E-state index is -4.05. The van der Waals surface area contributed by atoms with Crippen molar-refractivity contribution in [1.82, 2.24) is 0 Å². The Balaban J connectivity index is 4.10. The Kier molecular flexibility index (Phi) is 2.01. The molecule has 43 valence electrons. The average Bonchev–Trinajstić information content (AvgIpc) is 1.31. The van der Waals surface area contributed by atoms with Crippen molar-refractivity contribution >= 4 is 19.7 Å². The highest BCUT2D eigenvalue weighted by Crippen LogP contribution is 2.05. The molecule has 1 radical (unpaired) electrons. The molecule has 1 atom stereocenters. The second kappa shape index (κ2) is 1.96. The first kappa shape index (κ1) is 7.17. The fourth-order valence-electron chi connectivity index (χ4n) is 0. The van der Waals surface area contributed by atoms with Gasteiger partial charge in [0.2, 0.25) is 5.50 Å². The molecule has 0 aliphatic heterocycles. The van der Waals surface area contributed by atoms with Crippen molar-refractivity contribution < 1.29 is 12.8 Å². The van der Waals surface area contributed by atoms with Crippen molar-refractivity contribution in [1.29, 1.82) is 0 Å². The van der Waals surface area contributed by atoms with Crippen molar-refractivity contribution in [2.45, 2.75) is 5.50 Å². The van der Waals surface area contributed by atoms with Crippen molar-refractivity contribution in [3.63, 3.8) is 0 Å². The maximum absolute atomic E-state index is 11.4. The Bertz CT molecular complexity index is 138. The van der Waals surface area contributed by atoms with Crippen LogP contribution in [0, 0.1) is 6.92 Å². The maximum atomic E-state index is 11.4. The van der Waals surface area contributed by atoms with Gasteiger partial charge in [0.1, 0.15) is 0 Å². The van der Waals surface area contributed by atoms with Crippen molar-refractivity contribution in [2.75, 3.05) is 0 Å². The zero-order valence-corrected chi connectivity index (χ0v) is 4.84. The molecule has 0 N–H and O–H groups in total. The number of hydrogen-bond donors (Lipinski definition) is 0. The lowest BCUT2D eigenvalue weighted by atomic mass is 10.9. The molecule has 7 heavy (non-hydrogen) atoms. The molecule has 0 aliphatic rings. The standard InChI is InChI=1S/C2H3ClFO2S/c1-2(4)7(3,5)6/h2H,1H2. The van der Waals surface area contributed by atoms with Crippen LogP contribution in [0.4, 0.5) is 4.39 Å². The summed E-state index contributed by atoms with van der Waals surface area (Å²) in [6.45, 7) is 2.52. The van der Waals surface area contributed by atoms with E-state index in [1.807, 2.05) is 0 Å². The summed E-state index contributed by atoms with van der Waals surface area (Å²) in [5.74, 6) is 0. The molecule has 0 heterocycles. The molecule has 0 aromatic carbocycles. The summed E-state index contributed by atoms with van der Waals surface area (Å²) >= 11 is 0. The number of halogens is 2. The third-order valence-corrected chi connectivity index (χ3v) is 1.50. The predicted octanol–water partition coefficient (Wildman–Crippen LogP) is 0.685. The molecule has 0 bridgehead atoms. The third-order valence-electron chi connectivity index (χ3n) is 0.305. The molecule has 0 saturated carbocycles. The van der Waals surface area contributed by atoms with Crippen molar-refractivity contribution in [3.05, 3.63) is 6.92 Å². The van der Waals surface area contributed by atoms with E-state index in [9.17, 15) is 12.8 Å². The van der Waals surface area contributed by atoms with Crippen LogP contribution in [-0.4, -0.2) is 13.9 Å². The van der Waals surface area contributed by atoms with Crippen LogP contribution in [0.15, 0.2) is 0 Å². The van der Waals surface area contributed by atoms with E-state index in [0.717, 1.165) is 0 Å². The van der Waals surface area contributed by atoms with E-state index in [1.165, 1.54) is 0 Å². The van der Waals surface area contributed by atoms with E-state index < -0.39 is 14.6 Å². The van der Waals surface area contributed by atoms with Crippen LogP contribution in [0.2, 0.25) is 0 Å². The van der Waals surface area contributed by atoms with Crippen LogP contribution < -0.4 is 0 Å². The fourth-order valence-corrected chi connectivity index (χ4v) is 0. The summed E-state index contributed by atoms with van der Waals surface area (Å²) in [6, 6.07) is 0. The number of rotatable bonds is 1. The Morgan fingerprint density at radius 3 is 1.86 bits per heavy atom. The molecule has 0 saturated heterocycles. The van der Waals surface area contributed by atoms with Crippen LogP contribution in [0.3, 0.4) is 0 Å². The van der Waals surface area contributed by atoms with Crippen molar-refractivity contribution in [2.24, 2.45) is 0 Å². The van der Waals surface area contributed by atoms with Gasteiger partial charge in [-0.1, -0.05) is 0 Å². The van der Waals surface area contributed by atoms with Gasteiger partial charge in [-0.25, -0.2) is 12.8 Å². The van der Waals surface area contributed by atoms with Gasteiger partial charge in [0.05, 0.1) is 0 Å². The van der Waals surface area contributed by atoms with E-state index in [2.05, 4.69) is 17.6 Å². The van der Waals surface area contributed by atoms with E-state index in [1.54, 1.807) is 0 Å². The second-order valence-electron chi connectivity index (χ2n) is 0.886. The smallest absolute Gasteiger partial charge is 0.229 e. The summed E-state index contributed by atoms with van der Waals surface area (Å²) in [7, 11) is 0.356. The van der Waals surface area contributed by atoms with E-state index in [0.29, 0.717) is 0 Å². The lowest BCUT2D eigenvalue weighted by Gasteiger charge is -1.89. The highest BCUT2D eigenvalue weighted by Gasteiger charge is 2.14. The molecule has 1 unspecified atom stereocenters. The molecule has 0 aromatic heterocycles. The van der Waals surface area contributed by atoms with Crippen LogP contribution in [-0.2, 0) is 9.05 Å². The highest BCUT2D eigenvalue weighted by atomic mass is 35.7. The van der Waals surface area contributed by atoms with Gasteiger partial charge in [0.15, 0.2) is 0 Å². The summed E-state index contributed by atoms with van der Waals surface area (Å²) in [5, 5.41) is 0. The van der Waals surface area contributed by atoms with Gasteiger partial charge in [-0.15, -0.1) is 0 Å². The molecule has 5 heteroatoms. The summed E-state index contributed by atoms with van der Waals surface area (Å²) in [4.78, 5) is 0. The summed E-state index contributed by atoms with van der Waals surface area (Å²) in [6.07, 6.45) is 0. The SMILES string of the molecule is [CH2]C(F)S(=O)(=O)Cl. The topological polar surface area (TPSA) is 34.1 Å².